The van der Waals surface area contributed by atoms with Crippen LogP contribution in [0.5, 0.6) is 0 Å². The molecule has 0 heterocycles. The lowest BCUT2D eigenvalue weighted by Gasteiger charge is -2.37. The van der Waals surface area contributed by atoms with Crippen LogP contribution in [0.25, 0.3) is 0 Å². The van der Waals surface area contributed by atoms with Gasteiger partial charge in [0.25, 0.3) is 0 Å². The molecule has 1 aromatic rings. The average Bonchev–Trinajstić information content (AvgIpc) is 2.32. The number of ketones is 1. The number of hydrogen-bond donors (Lipinski definition) is 0. The van der Waals surface area contributed by atoms with E-state index in [1.807, 2.05) is 6.92 Å². The predicted octanol–water partition coefficient (Wildman–Crippen LogP) is 4.46. The summed E-state index contributed by atoms with van der Waals surface area (Å²) in [5.74, 6) is 0.247. The van der Waals surface area contributed by atoms with Gasteiger partial charge in [0.05, 0.1) is 0 Å². The summed E-state index contributed by atoms with van der Waals surface area (Å²) in [6, 6.07) is 4.70. The maximum atomic E-state index is 13.1. The topological polar surface area (TPSA) is 17.1 Å². The van der Waals surface area contributed by atoms with Crippen molar-refractivity contribution < 1.29 is 9.18 Å². The van der Waals surface area contributed by atoms with E-state index in [4.69, 9.17) is 0 Å². The third kappa shape index (κ3) is 3.23. The Kier molecular flexibility index (Phi) is 4.07. The van der Waals surface area contributed by atoms with Gasteiger partial charge in [-0.2, -0.15) is 0 Å². The van der Waals surface area contributed by atoms with E-state index >= 15 is 0 Å². The van der Waals surface area contributed by atoms with E-state index in [-0.39, 0.29) is 17.2 Å². The van der Waals surface area contributed by atoms with Crippen molar-refractivity contribution in [2.24, 2.45) is 11.3 Å². The lowest BCUT2D eigenvalue weighted by atomic mass is 9.66. The van der Waals surface area contributed by atoms with Crippen LogP contribution in [0.1, 0.15) is 50.7 Å². The van der Waals surface area contributed by atoms with Crippen LogP contribution in [0.2, 0.25) is 0 Å². The van der Waals surface area contributed by atoms with Crippen molar-refractivity contribution in [1.29, 1.82) is 0 Å². The molecule has 1 saturated carbocycles. The molecule has 1 nitrogen and oxygen atoms in total. The highest BCUT2D eigenvalue weighted by molar-refractivity contribution is 5.84. The average molecular weight is 262 g/mol. The monoisotopic (exact) mass is 262 g/mol. The van der Waals surface area contributed by atoms with Crippen molar-refractivity contribution in [3.63, 3.8) is 0 Å². The highest BCUT2D eigenvalue weighted by Crippen LogP contribution is 2.41. The molecule has 0 aliphatic heterocycles. The highest BCUT2D eigenvalue weighted by atomic mass is 19.1. The summed E-state index contributed by atoms with van der Waals surface area (Å²) in [5, 5.41) is 0. The molecule has 1 unspecified atom stereocenters. The van der Waals surface area contributed by atoms with E-state index in [9.17, 15) is 9.18 Å². The molecule has 1 fully saturated rings. The van der Waals surface area contributed by atoms with Crippen molar-refractivity contribution in [1.82, 2.24) is 0 Å². The molecule has 0 saturated heterocycles. The van der Waals surface area contributed by atoms with Gasteiger partial charge < -0.3 is 0 Å². The first-order chi connectivity index (χ1) is 8.90. The number of benzene rings is 1. The first kappa shape index (κ1) is 14.2. The van der Waals surface area contributed by atoms with Gasteiger partial charge >= 0.3 is 0 Å². The highest BCUT2D eigenvalue weighted by Gasteiger charge is 2.36. The van der Waals surface area contributed by atoms with E-state index in [2.05, 4.69) is 13.8 Å². The van der Waals surface area contributed by atoms with Crippen molar-refractivity contribution >= 4 is 5.78 Å². The first-order valence-electron chi connectivity index (χ1n) is 7.18. The molecule has 1 aliphatic rings. The van der Waals surface area contributed by atoms with E-state index in [1.165, 1.54) is 18.6 Å². The number of hydrogen-bond acceptors (Lipinski definition) is 1. The number of halogens is 1. The lowest BCUT2D eigenvalue weighted by molar-refractivity contribution is -0.127. The Morgan fingerprint density at radius 2 is 2.11 bits per heavy atom. The van der Waals surface area contributed by atoms with Crippen LogP contribution in [0.15, 0.2) is 18.2 Å². The summed E-state index contributed by atoms with van der Waals surface area (Å²) >= 11 is 0. The quantitative estimate of drug-likeness (QED) is 0.786. The van der Waals surface area contributed by atoms with Crippen molar-refractivity contribution in [2.75, 3.05) is 0 Å². The Morgan fingerprint density at radius 3 is 2.74 bits per heavy atom. The van der Waals surface area contributed by atoms with Gasteiger partial charge in [0, 0.05) is 12.3 Å². The molecular formula is C17H23FO. The molecule has 0 aromatic heterocycles. The van der Waals surface area contributed by atoms with Crippen molar-refractivity contribution in [3.8, 4) is 0 Å². The number of carbonyl (C=O) groups excluding carboxylic acids is 1. The number of aryl methyl sites for hydroxylation is 1. The Bertz CT molecular complexity index is 476. The third-order valence-corrected chi connectivity index (χ3v) is 4.57. The van der Waals surface area contributed by atoms with Crippen LogP contribution in [0, 0.1) is 24.1 Å². The molecule has 0 N–H and O–H groups in total. The second kappa shape index (κ2) is 5.44. The summed E-state index contributed by atoms with van der Waals surface area (Å²) in [4.78, 5) is 12.5. The molecule has 104 valence electrons. The SMILES string of the molecule is Cc1cc(F)ccc1CC(=O)C1CCCCC1(C)C. The fourth-order valence-electron chi connectivity index (χ4n) is 3.26. The van der Waals surface area contributed by atoms with Gasteiger partial charge in [0.15, 0.2) is 0 Å². The molecule has 2 rings (SSSR count). The maximum Gasteiger partial charge on any atom is 0.140 e. The Labute approximate surface area is 115 Å². The Balaban J connectivity index is 2.12. The first-order valence-corrected chi connectivity index (χ1v) is 7.18. The molecule has 0 radical (unpaired) electrons. The fourth-order valence-corrected chi connectivity index (χ4v) is 3.26. The number of Topliss-reactive ketones (excluding diaryl/α,β-unsaturated/α-hetero) is 1. The Morgan fingerprint density at radius 1 is 1.37 bits per heavy atom. The minimum atomic E-state index is -0.230. The molecule has 2 heteroatoms. The van der Waals surface area contributed by atoms with Gasteiger partial charge in [-0.1, -0.05) is 32.8 Å². The number of rotatable bonds is 3. The standard InChI is InChI=1S/C17H23FO/c1-12-10-14(18)8-7-13(12)11-16(19)15-6-4-5-9-17(15,2)3/h7-8,10,15H,4-6,9,11H2,1-3H3. The van der Waals surface area contributed by atoms with Gasteiger partial charge in [-0.3, -0.25) is 4.79 Å². The zero-order chi connectivity index (χ0) is 14.0. The van der Waals surface area contributed by atoms with Gasteiger partial charge in [-0.25, -0.2) is 4.39 Å². The van der Waals surface area contributed by atoms with Gasteiger partial charge in [-0.15, -0.1) is 0 Å². The summed E-state index contributed by atoms with van der Waals surface area (Å²) in [7, 11) is 0. The second-order valence-corrected chi connectivity index (χ2v) is 6.50. The molecule has 1 aromatic carbocycles. The smallest absolute Gasteiger partial charge is 0.140 e. The van der Waals surface area contributed by atoms with Gasteiger partial charge in [0.1, 0.15) is 11.6 Å². The van der Waals surface area contributed by atoms with Crippen molar-refractivity contribution in [2.45, 2.75) is 52.9 Å². The predicted molar refractivity (Wildman–Crippen MR) is 75.6 cm³/mol. The summed E-state index contributed by atoms with van der Waals surface area (Å²) in [6.07, 6.45) is 4.96. The molecule has 0 amide bonds. The van der Waals surface area contributed by atoms with Crippen LogP contribution in [-0.4, -0.2) is 5.78 Å². The zero-order valence-corrected chi connectivity index (χ0v) is 12.1. The van der Waals surface area contributed by atoms with Gasteiger partial charge in [0.2, 0.25) is 0 Å². The van der Waals surface area contributed by atoms with Crippen LogP contribution < -0.4 is 0 Å². The van der Waals surface area contributed by atoms with E-state index in [0.717, 1.165) is 30.4 Å². The van der Waals surface area contributed by atoms with Gasteiger partial charge in [-0.05, 0) is 48.4 Å². The molecule has 19 heavy (non-hydrogen) atoms. The lowest BCUT2D eigenvalue weighted by Crippen LogP contribution is -2.35. The molecule has 0 spiro atoms. The largest absolute Gasteiger partial charge is 0.299 e. The number of carbonyl (C=O) groups is 1. The minimum absolute atomic E-state index is 0.114. The van der Waals surface area contributed by atoms with Crippen LogP contribution >= 0.6 is 0 Å². The second-order valence-electron chi connectivity index (χ2n) is 6.50. The minimum Gasteiger partial charge on any atom is -0.299 e. The Hall–Kier alpha value is -1.18. The summed E-state index contributed by atoms with van der Waals surface area (Å²) in [6.45, 7) is 6.27. The van der Waals surface area contributed by atoms with Crippen LogP contribution in [0.3, 0.4) is 0 Å². The van der Waals surface area contributed by atoms with E-state index in [1.54, 1.807) is 6.07 Å². The zero-order valence-electron chi connectivity index (χ0n) is 12.1. The molecule has 0 bridgehead atoms. The summed E-state index contributed by atoms with van der Waals surface area (Å²) in [5.41, 5.74) is 1.96. The van der Waals surface area contributed by atoms with Crippen molar-refractivity contribution in [3.05, 3.63) is 35.1 Å². The maximum absolute atomic E-state index is 13.1. The fraction of sp³-hybridized carbons (Fsp3) is 0.588. The normalized spacial score (nSPS) is 22.2. The molecule has 1 aliphatic carbocycles. The van der Waals surface area contributed by atoms with E-state index < -0.39 is 0 Å². The third-order valence-electron chi connectivity index (χ3n) is 4.57. The molecular weight excluding hydrogens is 239 g/mol. The summed E-state index contributed by atoms with van der Waals surface area (Å²) < 4.78 is 13.1. The van der Waals surface area contributed by atoms with E-state index in [0.29, 0.717) is 12.2 Å². The van der Waals surface area contributed by atoms with Crippen LogP contribution in [0.4, 0.5) is 4.39 Å². The molecule has 1 atom stereocenters. The van der Waals surface area contributed by atoms with Crippen LogP contribution in [-0.2, 0) is 11.2 Å².